The van der Waals surface area contributed by atoms with Crippen LogP contribution in [0.1, 0.15) is 0 Å². The maximum Gasteiger partial charge on any atom is 2.00 e. The largest absolute Gasteiger partial charge is 2.00 e. The monoisotopic (exact) mass is 248 g/mol. The van der Waals surface area contributed by atoms with E-state index in [0.717, 1.165) is 0 Å². The summed E-state index contributed by atoms with van der Waals surface area (Å²) in [4.78, 5) is 0. The molecular weight excluding hydrogens is 247 g/mol. The van der Waals surface area contributed by atoms with Gasteiger partial charge in [0.15, 0.2) is 0 Å². The Bertz CT molecular complexity index is 172. The topological polar surface area (TPSA) is 0 Å². The zero-order chi connectivity index (χ0) is 5.98. The number of rotatable bonds is 0. The van der Waals surface area contributed by atoms with E-state index >= 15 is 0 Å². The second-order valence-electron chi connectivity index (χ2n) is 1.34. The maximum atomic E-state index is 5.56. The Morgan fingerprint density at radius 3 is 2.10 bits per heavy atom. The van der Waals surface area contributed by atoms with Crippen LogP contribution in [0.3, 0.4) is 0 Å². The van der Waals surface area contributed by atoms with Gasteiger partial charge in [-0.2, -0.15) is 35.9 Å². The van der Waals surface area contributed by atoms with Crippen LogP contribution in [0.15, 0.2) is 18.2 Å². The molecule has 0 aromatic heterocycles. The molecule has 1 aromatic carbocycles. The first kappa shape index (κ1) is 13.6. The molecule has 0 aliphatic rings. The third kappa shape index (κ3) is 4.04. The van der Waals surface area contributed by atoms with Crippen LogP contribution in [0.25, 0.3) is 0 Å². The zero-order valence-electron chi connectivity index (χ0n) is 5.07. The smallest absolute Gasteiger partial charge is 1.00 e. The Morgan fingerprint density at radius 1 is 1.20 bits per heavy atom. The van der Waals surface area contributed by atoms with Crippen molar-refractivity contribution in [2.45, 2.75) is 0 Å². The van der Waals surface area contributed by atoms with Gasteiger partial charge in [0.25, 0.3) is 0 Å². The average molecular weight is 250 g/mol. The van der Waals surface area contributed by atoms with Crippen molar-refractivity contribution >= 4 is 46.3 Å². The minimum atomic E-state index is 0. The van der Waals surface area contributed by atoms with Crippen LogP contribution in [0.4, 0.5) is 0 Å². The molecule has 0 atom stereocenters. The molecule has 0 aliphatic carbocycles. The molecule has 1 rings (SSSR count). The van der Waals surface area contributed by atoms with Crippen LogP contribution in [0, 0.1) is 6.07 Å². The fraction of sp³-hybridized carbons (Fsp3) is 0. The van der Waals surface area contributed by atoms with E-state index in [1.807, 2.05) is 0 Å². The second-order valence-corrected chi connectivity index (χ2v) is 2.15. The number of halogens is 3. The summed E-state index contributed by atoms with van der Waals surface area (Å²) in [6.45, 7) is 0. The van der Waals surface area contributed by atoms with Crippen molar-refractivity contribution < 1.29 is 17.0 Å². The number of hydrogen-bond acceptors (Lipinski definition) is 0. The Kier molecular flexibility index (Phi) is 9.18. The Hall–Kier alpha value is 1.05. The van der Waals surface area contributed by atoms with Gasteiger partial charge >= 0.3 is 23.1 Å². The molecule has 0 saturated heterocycles. The summed E-state index contributed by atoms with van der Waals surface area (Å²) in [7, 11) is 0. The number of hydrogen-bond donors (Lipinski definition) is 0. The Labute approximate surface area is 96.8 Å². The van der Waals surface area contributed by atoms with Gasteiger partial charge < -0.3 is 17.0 Å². The minimum Gasteiger partial charge on any atom is -1.00 e. The van der Waals surface area contributed by atoms with Gasteiger partial charge in [-0.05, 0) is 0 Å². The van der Waals surface area contributed by atoms with Gasteiger partial charge in [-0.15, -0.1) is 11.6 Å². The van der Waals surface area contributed by atoms with Crippen LogP contribution in [0.2, 0.25) is 10.0 Å². The van der Waals surface area contributed by atoms with Crippen molar-refractivity contribution in [1.82, 2.24) is 0 Å². The van der Waals surface area contributed by atoms with Crippen molar-refractivity contribution in [1.29, 1.82) is 0 Å². The normalized spacial score (nSPS) is 7.40. The first-order chi connectivity index (χ1) is 3.80. The van der Waals surface area contributed by atoms with E-state index in [9.17, 15) is 0 Å². The van der Waals surface area contributed by atoms with Crippen LogP contribution in [-0.4, -0.2) is 23.1 Å². The molecule has 0 amide bonds. The van der Waals surface area contributed by atoms with Crippen LogP contribution >= 0.6 is 23.2 Å². The molecule has 0 radical (unpaired) electrons. The summed E-state index contributed by atoms with van der Waals surface area (Å²) in [5, 5.41) is 1.12. The van der Waals surface area contributed by atoms with Crippen LogP contribution in [0.5, 0.6) is 0 Å². The van der Waals surface area contributed by atoms with Gasteiger partial charge in [0.1, 0.15) is 0 Å². The summed E-state index contributed by atoms with van der Waals surface area (Å²) in [5.74, 6) is 0. The van der Waals surface area contributed by atoms with Crippen molar-refractivity contribution in [2.75, 3.05) is 0 Å². The van der Waals surface area contributed by atoms with E-state index in [0.29, 0.717) is 10.0 Å². The van der Waals surface area contributed by atoms with Crippen LogP contribution in [-0.2, 0) is 0 Å². The van der Waals surface area contributed by atoms with E-state index < -0.39 is 0 Å². The van der Waals surface area contributed by atoms with E-state index in [2.05, 4.69) is 6.07 Å². The Balaban J connectivity index is 0. The van der Waals surface area contributed by atoms with E-state index in [-0.39, 0.29) is 40.0 Å². The van der Waals surface area contributed by atoms with Gasteiger partial charge in [-0.25, -0.2) is 0 Å². The predicted octanol–water partition coefficient (Wildman–Crippen LogP) is -0.583. The standard InChI is InChI=1S/C6H3Cl2.BrH.Mg/c7-5-3-1-2-4-6(5)8;;/h1,3-4H;1H;/q-1;;+2/p-1. The molecule has 0 fully saturated rings. The molecule has 4 heteroatoms. The van der Waals surface area contributed by atoms with Crippen molar-refractivity contribution in [3.63, 3.8) is 0 Å². The summed E-state index contributed by atoms with van der Waals surface area (Å²) in [6.07, 6.45) is 0. The fourth-order valence-corrected chi connectivity index (χ4v) is 0.635. The number of benzene rings is 1. The molecule has 0 spiro atoms. The van der Waals surface area contributed by atoms with Gasteiger partial charge in [0.2, 0.25) is 0 Å². The molecule has 0 heterocycles. The molecule has 0 N–H and O–H groups in total. The molecule has 1 aromatic rings. The molecule has 0 saturated carbocycles. The molecule has 0 unspecified atom stereocenters. The third-order valence-corrected chi connectivity index (χ3v) is 1.50. The second kappa shape index (κ2) is 6.74. The van der Waals surface area contributed by atoms with Gasteiger partial charge in [0, 0.05) is 0 Å². The van der Waals surface area contributed by atoms with Gasteiger partial charge in [-0.3, -0.25) is 0 Å². The first-order valence-corrected chi connectivity index (χ1v) is 2.87. The third-order valence-electron chi connectivity index (χ3n) is 0.764. The van der Waals surface area contributed by atoms with E-state index in [1.54, 1.807) is 18.2 Å². The zero-order valence-corrected chi connectivity index (χ0v) is 9.59. The van der Waals surface area contributed by atoms with Crippen molar-refractivity contribution in [3.8, 4) is 0 Å². The molecule has 0 bridgehead atoms. The summed E-state index contributed by atoms with van der Waals surface area (Å²) < 4.78 is 0. The minimum absolute atomic E-state index is 0. The molecular formula is C6H3BrCl2Mg. The average Bonchev–Trinajstić information content (AvgIpc) is 1.77. The summed E-state index contributed by atoms with van der Waals surface area (Å²) in [6, 6.07) is 7.83. The molecule has 0 nitrogen and oxygen atoms in total. The van der Waals surface area contributed by atoms with Gasteiger partial charge in [0.05, 0.1) is 0 Å². The van der Waals surface area contributed by atoms with Crippen molar-refractivity contribution in [3.05, 3.63) is 34.3 Å². The molecule has 50 valence electrons. The van der Waals surface area contributed by atoms with E-state index in [4.69, 9.17) is 23.2 Å². The van der Waals surface area contributed by atoms with Crippen LogP contribution < -0.4 is 17.0 Å². The molecule has 10 heavy (non-hydrogen) atoms. The van der Waals surface area contributed by atoms with Crippen molar-refractivity contribution in [2.24, 2.45) is 0 Å². The Morgan fingerprint density at radius 2 is 1.80 bits per heavy atom. The fourth-order valence-electron chi connectivity index (χ4n) is 0.391. The maximum absolute atomic E-state index is 5.56. The quantitative estimate of drug-likeness (QED) is 0.427. The predicted molar refractivity (Wildman–Crippen MR) is 41.1 cm³/mol. The summed E-state index contributed by atoms with van der Waals surface area (Å²) >= 11 is 11.1. The summed E-state index contributed by atoms with van der Waals surface area (Å²) in [5.41, 5.74) is 0. The molecule has 0 aliphatic heterocycles. The van der Waals surface area contributed by atoms with Gasteiger partial charge in [-0.1, -0.05) is 10.0 Å². The van der Waals surface area contributed by atoms with E-state index in [1.165, 1.54) is 0 Å². The first-order valence-electron chi connectivity index (χ1n) is 2.12. The SMILES string of the molecule is Clc1c[c-]ccc1Cl.[Br-].[Mg+2].